The lowest BCUT2D eigenvalue weighted by atomic mass is 10.1. The van der Waals surface area contributed by atoms with E-state index in [4.69, 9.17) is 4.74 Å². The van der Waals surface area contributed by atoms with Crippen LogP contribution in [-0.2, 0) is 19.1 Å². The Labute approximate surface area is 124 Å². The number of carbonyl (C=O) groups excluding carboxylic acids is 2. The topological polar surface area (TPSA) is 55.8 Å². The van der Waals surface area contributed by atoms with Crippen molar-refractivity contribution >= 4 is 23.5 Å². The van der Waals surface area contributed by atoms with Crippen molar-refractivity contribution in [2.24, 2.45) is 0 Å². The fourth-order valence-electron chi connectivity index (χ4n) is 2.06. The predicted molar refractivity (Wildman–Crippen MR) is 80.1 cm³/mol. The fourth-order valence-corrected chi connectivity index (χ4v) is 2.06. The van der Waals surface area contributed by atoms with Crippen LogP contribution in [0.5, 0.6) is 0 Å². The summed E-state index contributed by atoms with van der Waals surface area (Å²) in [4.78, 5) is 24.9. The minimum Gasteiger partial charge on any atom is -0.460 e. The van der Waals surface area contributed by atoms with Crippen molar-refractivity contribution in [2.45, 2.75) is 6.92 Å². The fraction of sp³-hybridized carbons (Fsp3) is 0.375. The SMILES string of the molecule is CCOC(=O)C(=O)C=Cc1ccc(N2CCOCC2)cc1. The van der Waals surface area contributed by atoms with E-state index in [2.05, 4.69) is 9.64 Å². The number of ketones is 1. The van der Waals surface area contributed by atoms with Gasteiger partial charge in [0, 0.05) is 18.8 Å². The summed E-state index contributed by atoms with van der Waals surface area (Å²) in [7, 11) is 0. The summed E-state index contributed by atoms with van der Waals surface area (Å²) >= 11 is 0. The summed E-state index contributed by atoms with van der Waals surface area (Å²) in [6.07, 6.45) is 2.85. The Morgan fingerprint density at radius 1 is 1.24 bits per heavy atom. The van der Waals surface area contributed by atoms with E-state index in [0.717, 1.165) is 37.6 Å². The third-order valence-electron chi connectivity index (χ3n) is 3.17. The molecule has 5 heteroatoms. The Balaban J connectivity index is 1.95. The number of hydrogen-bond acceptors (Lipinski definition) is 5. The number of carbonyl (C=O) groups is 2. The lowest BCUT2D eigenvalue weighted by Gasteiger charge is -2.28. The maximum Gasteiger partial charge on any atom is 0.379 e. The van der Waals surface area contributed by atoms with Gasteiger partial charge >= 0.3 is 5.97 Å². The van der Waals surface area contributed by atoms with Crippen LogP contribution in [0.2, 0.25) is 0 Å². The zero-order valence-electron chi connectivity index (χ0n) is 12.1. The molecule has 1 aliphatic heterocycles. The minimum absolute atomic E-state index is 0.201. The first-order valence-corrected chi connectivity index (χ1v) is 7.02. The quantitative estimate of drug-likeness (QED) is 0.469. The van der Waals surface area contributed by atoms with E-state index >= 15 is 0 Å². The highest BCUT2D eigenvalue weighted by molar-refractivity contribution is 6.39. The molecule has 1 saturated heterocycles. The first-order chi connectivity index (χ1) is 10.2. The van der Waals surface area contributed by atoms with Crippen LogP contribution in [0.25, 0.3) is 6.08 Å². The van der Waals surface area contributed by atoms with Gasteiger partial charge in [-0.3, -0.25) is 4.79 Å². The highest BCUT2D eigenvalue weighted by atomic mass is 16.5. The lowest BCUT2D eigenvalue weighted by molar-refractivity contribution is -0.151. The second-order valence-corrected chi connectivity index (χ2v) is 4.61. The van der Waals surface area contributed by atoms with Gasteiger partial charge in [0.15, 0.2) is 0 Å². The summed E-state index contributed by atoms with van der Waals surface area (Å²) in [5, 5.41) is 0. The monoisotopic (exact) mass is 289 g/mol. The molecule has 0 aliphatic carbocycles. The van der Waals surface area contributed by atoms with E-state index in [9.17, 15) is 9.59 Å². The zero-order chi connectivity index (χ0) is 15.1. The van der Waals surface area contributed by atoms with Crippen molar-refractivity contribution in [3.8, 4) is 0 Å². The summed E-state index contributed by atoms with van der Waals surface area (Å²) < 4.78 is 9.95. The summed E-state index contributed by atoms with van der Waals surface area (Å²) in [5.41, 5.74) is 2.00. The number of hydrogen-bond donors (Lipinski definition) is 0. The number of nitrogens with zero attached hydrogens (tertiary/aromatic N) is 1. The Kier molecular flexibility index (Phi) is 5.51. The van der Waals surface area contributed by atoms with Gasteiger partial charge in [-0.05, 0) is 30.7 Å². The third-order valence-corrected chi connectivity index (χ3v) is 3.17. The molecule has 0 amide bonds. The van der Waals surface area contributed by atoms with Crippen LogP contribution >= 0.6 is 0 Å². The van der Waals surface area contributed by atoms with Gasteiger partial charge in [-0.2, -0.15) is 0 Å². The number of anilines is 1. The van der Waals surface area contributed by atoms with Crippen LogP contribution in [0.4, 0.5) is 5.69 Å². The van der Waals surface area contributed by atoms with Crippen molar-refractivity contribution in [1.82, 2.24) is 0 Å². The Hall–Kier alpha value is -2.14. The maximum atomic E-state index is 11.4. The molecule has 1 fully saturated rings. The third kappa shape index (κ3) is 4.43. The van der Waals surface area contributed by atoms with Crippen LogP contribution in [0.15, 0.2) is 30.3 Å². The first kappa shape index (κ1) is 15.3. The molecule has 2 rings (SSSR count). The zero-order valence-corrected chi connectivity index (χ0v) is 12.1. The van der Waals surface area contributed by atoms with Gasteiger partial charge in [0.1, 0.15) is 0 Å². The van der Waals surface area contributed by atoms with Crippen LogP contribution in [0.1, 0.15) is 12.5 Å². The molecule has 1 aromatic rings. The molecule has 0 saturated carbocycles. The summed E-state index contributed by atoms with van der Waals surface area (Å²) in [6, 6.07) is 7.83. The minimum atomic E-state index is -0.821. The summed E-state index contributed by atoms with van der Waals surface area (Å²) in [6.45, 7) is 5.13. The van der Waals surface area contributed by atoms with E-state index in [1.54, 1.807) is 13.0 Å². The number of benzene rings is 1. The molecule has 1 heterocycles. The highest BCUT2D eigenvalue weighted by Crippen LogP contribution is 2.17. The molecular weight excluding hydrogens is 270 g/mol. The first-order valence-electron chi connectivity index (χ1n) is 7.02. The van der Waals surface area contributed by atoms with E-state index in [-0.39, 0.29) is 6.61 Å². The van der Waals surface area contributed by atoms with Gasteiger partial charge in [-0.15, -0.1) is 0 Å². The second kappa shape index (κ2) is 7.59. The predicted octanol–water partition coefficient (Wildman–Crippen LogP) is 1.67. The van der Waals surface area contributed by atoms with E-state index in [0.29, 0.717) is 0 Å². The van der Waals surface area contributed by atoms with Crippen molar-refractivity contribution in [1.29, 1.82) is 0 Å². The molecular formula is C16H19NO4. The highest BCUT2D eigenvalue weighted by Gasteiger charge is 2.11. The van der Waals surface area contributed by atoms with Crippen molar-refractivity contribution in [3.63, 3.8) is 0 Å². The van der Waals surface area contributed by atoms with Crippen molar-refractivity contribution in [3.05, 3.63) is 35.9 Å². The molecule has 0 radical (unpaired) electrons. The lowest BCUT2D eigenvalue weighted by Crippen LogP contribution is -2.36. The molecule has 0 aromatic heterocycles. The number of rotatable bonds is 5. The molecule has 112 valence electrons. The van der Waals surface area contributed by atoms with Crippen LogP contribution < -0.4 is 4.90 Å². The van der Waals surface area contributed by atoms with Crippen molar-refractivity contribution < 1.29 is 19.1 Å². The average Bonchev–Trinajstić information content (AvgIpc) is 2.54. The normalized spacial score (nSPS) is 15.2. The van der Waals surface area contributed by atoms with Crippen molar-refractivity contribution in [2.75, 3.05) is 37.8 Å². The van der Waals surface area contributed by atoms with Gasteiger partial charge in [0.05, 0.1) is 19.8 Å². The Bertz CT molecular complexity index is 516. The Morgan fingerprint density at radius 3 is 2.52 bits per heavy atom. The van der Waals surface area contributed by atoms with Gasteiger partial charge in [-0.25, -0.2) is 4.79 Å². The maximum absolute atomic E-state index is 11.4. The molecule has 0 atom stereocenters. The van der Waals surface area contributed by atoms with E-state index in [1.807, 2.05) is 24.3 Å². The van der Waals surface area contributed by atoms with Gasteiger partial charge in [0.2, 0.25) is 0 Å². The number of ether oxygens (including phenoxy) is 2. The van der Waals surface area contributed by atoms with E-state index in [1.165, 1.54) is 6.08 Å². The smallest absolute Gasteiger partial charge is 0.379 e. The molecule has 1 aliphatic rings. The molecule has 0 bridgehead atoms. The number of morpholine rings is 1. The molecule has 0 spiro atoms. The van der Waals surface area contributed by atoms with E-state index < -0.39 is 11.8 Å². The van der Waals surface area contributed by atoms with Crippen LogP contribution in [-0.4, -0.2) is 44.7 Å². The standard InChI is InChI=1S/C16H19NO4/c1-2-21-16(19)15(18)8-5-13-3-6-14(7-4-13)17-9-11-20-12-10-17/h3-8H,2,9-12H2,1H3. The summed E-state index contributed by atoms with van der Waals surface area (Å²) in [5.74, 6) is -1.47. The largest absolute Gasteiger partial charge is 0.460 e. The Morgan fingerprint density at radius 2 is 1.90 bits per heavy atom. The average molecular weight is 289 g/mol. The van der Waals surface area contributed by atoms with Crippen LogP contribution in [0, 0.1) is 0 Å². The molecule has 0 unspecified atom stereocenters. The molecule has 1 aromatic carbocycles. The van der Waals surface area contributed by atoms with Gasteiger partial charge < -0.3 is 14.4 Å². The molecule has 5 nitrogen and oxygen atoms in total. The second-order valence-electron chi connectivity index (χ2n) is 4.61. The molecule has 21 heavy (non-hydrogen) atoms. The van der Waals surface area contributed by atoms with Gasteiger partial charge in [0.25, 0.3) is 5.78 Å². The molecule has 0 N–H and O–H groups in total. The van der Waals surface area contributed by atoms with Gasteiger partial charge in [-0.1, -0.05) is 18.2 Å². The van der Waals surface area contributed by atoms with Crippen LogP contribution in [0.3, 0.4) is 0 Å². The number of esters is 1.